The van der Waals surface area contributed by atoms with Crippen LogP contribution in [0.5, 0.6) is 0 Å². The van der Waals surface area contributed by atoms with Crippen molar-refractivity contribution in [3.63, 3.8) is 0 Å². The van der Waals surface area contributed by atoms with Gasteiger partial charge in [-0.05, 0) is 38.1 Å². The van der Waals surface area contributed by atoms with E-state index in [4.69, 9.17) is 11.6 Å². The Morgan fingerprint density at radius 1 is 1.23 bits per heavy atom. The molecule has 3 rings (SSSR count). The van der Waals surface area contributed by atoms with Gasteiger partial charge in [0.05, 0.1) is 11.3 Å². The number of benzene rings is 1. The van der Waals surface area contributed by atoms with Crippen LogP contribution in [0.1, 0.15) is 28.5 Å². The summed E-state index contributed by atoms with van der Waals surface area (Å²) < 4.78 is 0. The minimum absolute atomic E-state index is 0.232. The predicted molar refractivity (Wildman–Crippen MR) is 105 cm³/mol. The molecule has 0 spiro atoms. The fourth-order valence-electron chi connectivity index (χ4n) is 2.96. The molecule has 0 atom stereocenters. The Bertz CT molecular complexity index is 803. The third-order valence-corrected chi connectivity index (χ3v) is 5.15. The minimum atomic E-state index is -0.232. The molecule has 2 aromatic rings. The van der Waals surface area contributed by atoms with Gasteiger partial charge in [-0.25, -0.2) is 9.97 Å². The first-order valence-corrected chi connectivity index (χ1v) is 9.24. The van der Waals surface area contributed by atoms with Crippen molar-refractivity contribution in [3.05, 3.63) is 46.2 Å². The zero-order chi connectivity index (χ0) is 18.7. The zero-order valence-electron chi connectivity index (χ0n) is 15.4. The van der Waals surface area contributed by atoms with E-state index in [1.807, 2.05) is 26.0 Å². The first-order chi connectivity index (χ1) is 12.5. The van der Waals surface area contributed by atoms with E-state index < -0.39 is 0 Å². The summed E-state index contributed by atoms with van der Waals surface area (Å²) in [6.45, 7) is 10.8. The highest BCUT2D eigenvalue weighted by molar-refractivity contribution is 6.31. The largest absolute Gasteiger partial charge is 0.338 e. The molecule has 1 aromatic heterocycles. The fraction of sp³-hybridized carbons (Fsp3) is 0.421. The lowest BCUT2D eigenvalue weighted by Gasteiger charge is -2.34. The molecule has 0 bridgehead atoms. The van der Waals surface area contributed by atoms with E-state index in [1.54, 1.807) is 12.3 Å². The van der Waals surface area contributed by atoms with Crippen LogP contribution in [0.15, 0.2) is 24.4 Å². The smallest absolute Gasteiger partial charge is 0.259 e. The third kappa shape index (κ3) is 4.14. The summed E-state index contributed by atoms with van der Waals surface area (Å²) >= 11 is 6.12. The van der Waals surface area contributed by atoms with Crippen LogP contribution in [0, 0.1) is 13.8 Å². The summed E-state index contributed by atoms with van der Waals surface area (Å²) in [4.78, 5) is 26.1. The molecule has 2 heterocycles. The number of carbonyl (C=O) groups excluding carboxylic acids is 1. The van der Waals surface area contributed by atoms with E-state index >= 15 is 0 Å². The summed E-state index contributed by atoms with van der Waals surface area (Å²) in [7, 11) is 0. The van der Waals surface area contributed by atoms with Gasteiger partial charge < -0.3 is 15.1 Å². The maximum atomic E-state index is 12.5. The second-order valence-corrected chi connectivity index (χ2v) is 6.92. The van der Waals surface area contributed by atoms with Gasteiger partial charge >= 0.3 is 0 Å². The van der Waals surface area contributed by atoms with E-state index in [-0.39, 0.29) is 5.91 Å². The van der Waals surface area contributed by atoms with Gasteiger partial charge in [-0.15, -0.1) is 0 Å². The Kier molecular flexibility index (Phi) is 5.74. The normalized spacial score (nSPS) is 15.2. The Morgan fingerprint density at radius 3 is 2.58 bits per heavy atom. The number of hydrogen-bond acceptors (Lipinski definition) is 5. The molecule has 0 unspecified atom stereocenters. The van der Waals surface area contributed by atoms with Gasteiger partial charge in [0.1, 0.15) is 0 Å². The Hall–Kier alpha value is -2.18. The Labute approximate surface area is 159 Å². The number of likely N-dealkylation sites (N-methyl/N-ethyl adjacent to an activating group) is 1. The van der Waals surface area contributed by atoms with Crippen molar-refractivity contribution in [2.75, 3.05) is 42.9 Å². The van der Waals surface area contributed by atoms with E-state index in [0.29, 0.717) is 27.9 Å². The molecule has 1 aromatic carbocycles. The molecule has 7 heteroatoms. The molecule has 1 amide bonds. The molecule has 0 radical (unpaired) electrons. The van der Waals surface area contributed by atoms with Crippen LogP contribution in [0.2, 0.25) is 5.02 Å². The summed E-state index contributed by atoms with van der Waals surface area (Å²) in [5.74, 6) is 0.456. The highest BCUT2D eigenvalue weighted by Crippen LogP contribution is 2.21. The average Bonchev–Trinajstić information content (AvgIpc) is 2.64. The number of aromatic nitrogens is 2. The number of anilines is 2. The van der Waals surface area contributed by atoms with Crippen LogP contribution in [0.25, 0.3) is 0 Å². The van der Waals surface area contributed by atoms with Crippen LogP contribution in [0.4, 0.5) is 11.6 Å². The number of nitrogens with zero attached hydrogens (tertiary/aromatic N) is 4. The number of carbonyl (C=O) groups is 1. The van der Waals surface area contributed by atoms with Gasteiger partial charge in [-0.1, -0.05) is 24.6 Å². The van der Waals surface area contributed by atoms with Crippen LogP contribution in [0.3, 0.4) is 0 Å². The van der Waals surface area contributed by atoms with Crippen LogP contribution in [-0.2, 0) is 0 Å². The number of hydrogen-bond donors (Lipinski definition) is 1. The molecular formula is C19H24ClN5O. The van der Waals surface area contributed by atoms with Crippen molar-refractivity contribution in [1.29, 1.82) is 0 Å². The molecule has 6 nitrogen and oxygen atoms in total. The van der Waals surface area contributed by atoms with Gasteiger partial charge in [-0.2, -0.15) is 0 Å². The van der Waals surface area contributed by atoms with E-state index in [0.717, 1.165) is 38.3 Å². The zero-order valence-corrected chi connectivity index (χ0v) is 16.2. The standard InChI is InChI=1S/C19H24ClN5O/c1-4-24-7-9-25(10-8-24)19-21-12-16(14(3)22-19)18(26)23-15-6-5-13(2)17(20)11-15/h5-6,11-12H,4,7-10H2,1-3H3,(H,23,26). The monoisotopic (exact) mass is 373 g/mol. The Balaban J connectivity index is 1.70. The van der Waals surface area contributed by atoms with Crippen LogP contribution < -0.4 is 10.2 Å². The molecule has 0 saturated carbocycles. The Morgan fingerprint density at radius 2 is 1.96 bits per heavy atom. The maximum Gasteiger partial charge on any atom is 0.259 e. The van der Waals surface area contributed by atoms with Gasteiger partial charge in [0, 0.05) is 43.1 Å². The topological polar surface area (TPSA) is 61.4 Å². The van der Waals surface area contributed by atoms with Crippen LogP contribution in [-0.4, -0.2) is 53.5 Å². The van der Waals surface area contributed by atoms with Crippen LogP contribution >= 0.6 is 11.6 Å². The van der Waals surface area contributed by atoms with E-state index in [1.165, 1.54) is 0 Å². The van der Waals surface area contributed by atoms with Gasteiger partial charge in [0.15, 0.2) is 0 Å². The SMILES string of the molecule is CCN1CCN(c2ncc(C(=O)Nc3ccc(C)c(Cl)c3)c(C)n2)CC1. The number of piperazine rings is 1. The number of halogens is 1. The number of rotatable bonds is 4. The lowest BCUT2D eigenvalue weighted by Crippen LogP contribution is -2.46. The second kappa shape index (κ2) is 8.01. The highest BCUT2D eigenvalue weighted by atomic mass is 35.5. The third-order valence-electron chi connectivity index (χ3n) is 4.74. The fourth-order valence-corrected chi connectivity index (χ4v) is 3.14. The summed E-state index contributed by atoms with van der Waals surface area (Å²) in [5, 5.41) is 3.48. The molecule has 1 saturated heterocycles. The first-order valence-electron chi connectivity index (χ1n) is 8.86. The molecule has 1 aliphatic heterocycles. The van der Waals surface area contributed by atoms with Crippen molar-refractivity contribution < 1.29 is 4.79 Å². The quantitative estimate of drug-likeness (QED) is 0.892. The van der Waals surface area contributed by atoms with Gasteiger partial charge in [-0.3, -0.25) is 4.79 Å². The van der Waals surface area contributed by atoms with Gasteiger partial charge in [0.2, 0.25) is 5.95 Å². The molecule has 1 fully saturated rings. The average molecular weight is 374 g/mol. The van der Waals surface area contributed by atoms with E-state index in [2.05, 4.69) is 32.0 Å². The molecule has 1 N–H and O–H groups in total. The molecule has 26 heavy (non-hydrogen) atoms. The number of nitrogens with one attached hydrogen (secondary N) is 1. The van der Waals surface area contributed by atoms with Crippen molar-refractivity contribution in [1.82, 2.24) is 14.9 Å². The first kappa shape index (κ1) is 18.6. The maximum absolute atomic E-state index is 12.5. The second-order valence-electron chi connectivity index (χ2n) is 6.51. The van der Waals surface area contributed by atoms with Gasteiger partial charge in [0.25, 0.3) is 5.91 Å². The van der Waals surface area contributed by atoms with E-state index in [9.17, 15) is 4.79 Å². The summed E-state index contributed by atoms with van der Waals surface area (Å²) in [6, 6.07) is 5.45. The van der Waals surface area contributed by atoms with Crippen molar-refractivity contribution >= 4 is 29.1 Å². The lowest BCUT2D eigenvalue weighted by molar-refractivity contribution is 0.102. The number of amides is 1. The summed E-state index contributed by atoms with van der Waals surface area (Å²) in [6.07, 6.45) is 1.61. The number of aryl methyl sites for hydroxylation is 2. The van der Waals surface area contributed by atoms with Crippen molar-refractivity contribution in [2.24, 2.45) is 0 Å². The lowest BCUT2D eigenvalue weighted by atomic mass is 10.2. The minimum Gasteiger partial charge on any atom is -0.338 e. The molecule has 138 valence electrons. The highest BCUT2D eigenvalue weighted by Gasteiger charge is 2.19. The van der Waals surface area contributed by atoms with Crippen molar-refractivity contribution in [3.8, 4) is 0 Å². The molecule has 0 aliphatic carbocycles. The van der Waals surface area contributed by atoms with Crippen molar-refractivity contribution in [2.45, 2.75) is 20.8 Å². The molecular weight excluding hydrogens is 350 g/mol. The summed E-state index contributed by atoms with van der Waals surface area (Å²) in [5.41, 5.74) is 2.77. The molecule has 1 aliphatic rings. The predicted octanol–water partition coefficient (Wildman–Crippen LogP) is 3.14.